The van der Waals surface area contributed by atoms with Gasteiger partial charge in [-0.2, -0.15) is 9.82 Å². The largest absolute Gasteiger partial charge is 0.504 e. The summed E-state index contributed by atoms with van der Waals surface area (Å²) in [4.78, 5) is 43.6. The number of sulfonamides is 1. The minimum Gasteiger partial charge on any atom is -0.504 e. The number of nitrogens with two attached hydrogens (primary N) is 1. The molecule has 1 heterocycles. The van der Waals surface area contributed by atoms with Gasteiger partial charge in [0.1, 0.15) is 12.4 Å². The van der Waals surface area contributed by atoms with Crippen molar-refractivity contribution < 1.29 is 33.0 Å². The number of rotatable bonds is 15. The number of hydrazone groups is 1. The maximum Gasteiger partial charge on any atom is 0.242 e. The summed E-state index contributed by atoms with van der Waals surface area (Å²) in [6, 6.07) is 14.6. The molecule has 3 aromatic carbocycles. The van der Waals surface area contributed by atoms with Crippen molar-refractivity contribution >= 4 is 44.9 Å². The summed E-state index contributed by atoms with van der Waals surface area (Å²) < 4.78 is 29.8. The number of carbonyl (C=O) groups excluding carboxylic acids is 3. The number of likely N-dealkylation sites (tertiary alicyclic amines) is 1. The second kappa shape index (κ2) is 16.0. The molecule has 7 N–H and O–H groups in total. The summed E-state index contributed by atoms with van der Waals surface area (Å²) in [5.41, 5.74) is 0.688. The molecule has 49 heavy (non-hydrogen) atoms. The van der Waals surface area contributed by atoms with Gasteiger partial charge in [-0.25, -0.2) is 8.42 Å². The third kappa shape index (κ3) is 9.83. The topological polar surface area (TPSA) is 207 Å². The molecule has 262 valence electrons. The van der Waals surface area contributed by atoms with Gasteiger partial charge < -0.3 is 36.5 Å². The van der Waals surface area contributed by atoms with E-state index in [4.69, 9.17) is 5.84 Å². The smallest absolute Gasteiger partial charge is 0.242 e. The van der Waals surface area contributed by atoms with Gasteiger partial charge in [0.2, 0.25) is 27.7 Å². The van der Waals surface area contributed by atoms with Crippen LogP contribution in [-0.2, 0) is 30.8 Å². The molecule has 15 heteroatoms. The van der Waals surface area contributed by atoms with Crippen LogP contribution in [-0.4, -0.2) is 97.3 Å². The molecule has 5 rings (SSSR count). The van der Waals surface area contributed by atoms with E-state index in [-0.39, 0.29) is 41.4 Å². The van der Waals surface area contributed by atoms with E-state index in [0.717, 1.165) is 24.8 Å². The Morgan fingerprint density at radius 1 is 0.980 bits per heavy atom. The molecule has 2 atom stereocenters. The fraction of sp³-hybridized carbons (Fsp3) is 0.412. The van der Waals surface area contributed by atoms with Crippen molar-refractivity contribution in [2.24, 2.45) is 16.9 Å². The normalized spacial score (nSPS) is 17.1. The quantitative estimate of drug-likeness (QED) is 0.0446. The number of nitrogens with one attached hydrogen (secondary N) is 3. The van der Waals surface area contributed by atoms with Gasteiger partial charge in [-0.3, -0.25) is 14.4 Å². The van der Waals surface area contributed by atoms with Gasteiger partial charge in [0.25, 0.3) is 0 Å². The van der Waals surface area contributed by atoms with E-state index in [0.29, 0.717) is 43.3 Å². The highest BCUT2D eigenvalue weighted by molar-refractivity contribution is 7.89. The Morgan fingerprint density at radius 3 is 2.49 bits per heavy atom. The van der Waals surface area contributed by atoms with Crippen molar-refractivity contribution in [3.8, 4) is 11.5 Å². The SMILES string of the molecule is NN=CN1CCC[C@@H](CNC(=O)C[C@H](NS(=O)(=O)c2ccc3ccccc3c2)C(=O)N(CC(=O)NCCc2ccc(O)c(O)c2)C2CC2)C1. The van der Waals surface area contributed by atoms with Gasteiger partial charge in [0, 0.05) is 32.2 Å². The number of aromatic hydroxyl groups is 2. The molecule has 0 spiro atoms. The van der Waals surface area contributed by atoms with Crippen molar-refractivity contribution in [3.05, 3.63) is 66.2 Å². The van der Waals surface area contributed by atoms with Gasteiger partial charge in [-0.15, -0.1) is 0 Å². The Labute approximate surface area is 285 Å². The number of fused-ring (bicyclic) bond motifs is 1. The lowest BCUT2D eigenvalue weighted by Gasteiger charge is -2.31. The summed E-state index contributed by atoms with van der Waals surface area (Å²) in [6.07, 6.45) is 4.54. The van der Waals surface area contributed by atoms with E-state index in [1.807, 2.05) is 17.0 Å². The number of hydrogen-bond acceptors (Lipinski definition) is 9. The van der Waals surface area contributed by atoms with Crippen molar-refractivity contribution in [2.75, 3.05) is 32.7 Å². The Morgan fingerprint density at radius 2 is 1.76 bits per heavy atom. The zero-order valence-electron chi connectivity index (χ0n) is 27.1. The second-order valence-corrected chi connectivity index (χ2v) is 14.3. The van der Waals surface area contributed by atoms with Crippen molar-refractivity contribution in [1.29, 1.82) is 0 Å². The molecule has 0 bridgehead atoms. The fourth-order valence-electron chi connectivity index (χ4n) is 6.00. The van der Waals surface area contributed by atoms with Crippen LogP contribution < -0.4 is 21.2 Å². The van der Waals surface area contributed by atoms with Crippen LogP contribution in [0.5, 0.6) is 11.5 Å². The minimum atomic E-state index is -4.26. The molecule has 0 unspecified atom stereocenters. The third-order valence-corrected chi connectivity index (χ3v) is 10.2. The highest BCUT2D eigenvalue weighted by atomic mass is 32.2. The number of phenolic OH excluding ortho intramolecular Hbond substituents is 2. The van der Waals surface area contributed by atoms with E-state index >= 15 is 0 Å². The molecule has 1 aliphatic heterocycles. The lowest BCUT2D eigenvalue weighted by Crippen LogP contribution is -2.53. The molecule has 3 aromatic rings. The number of amides is 3. The van der Waals surface area contributed by atoms with Gasteiger partial charge in [0.05, 0.1) is 17.9 Å². The zero-order valence-corrected chi connectivity index (χ0v) is 27.9. The van der Waals surface area contributed by atoms with Crippen LogP contribution >= 0.6 is 0 Å². The summed E-state index contributed by atoms with van der Waals surface area (Å²) in [5, 5.41) is 30.0. The van der Waals surface area contributed by atoms with Crippen LogP contribution in [0.25, 0.3) is 10.8 Å². The van der Waals surface area contributed by atoms with E-state index in [9.17, 15) is 33.0 Å². The molecule has 1 saturated heterocycles. The molecule has 3 amide bonds. The summed E-state index contributed by atoms with van der Waals surface area (Å²) in [7, 11) is -4.26. The van der Waals surface area contributed by atoms with E-state index in [1.54, 1.807) is 30.6 Å². The van der Waals surface area contributed by atoms with Crippen LogP contribution in [0.2, 0.25) is 0 Å². The number of carbonyl (C=O) groups is 3. The van der Waals surface area contributed by atoms with Crippen LogP contribution in [0, 0.1) is 5.92 Å². The van der Waals surface area contributed by atoms with Crippen LogP contribution in [0.1, 0.15) is 37.7 Å². The molecule has 0 aromatic heterocycles. The Bertz CT molecular complexity index is 1800. The Hall–Kier alpha value is -4.89. The Kier molecular flexibility index (Phi) is 11.6. The van der Waals surface area contributed by atoms with Gasteiger partial charge >= 0.3 is 0 Å². The monoisotopic (exact) mass is 693 g/mol. The molecular formula is C34H43N7O7S. The van der Waals surface area contributed by atoms with Crippen molar-refractivity contribution in [3.63, 3.8) is 0 Å². The average Bonchev–Trinajstić information content (AvgIpc) is 3.93. The maximum absolute atomic E-state index is 14.1. The highest BCUT2D eigenvalue weighted by Crippen LogP contribution is 2.28. The third-order valence-electron chi connectivity index (χ3n) is 8.74. The first-order chi connectivity index (χ1) is 23.5. The summed E-state index contributed by atoms with van der Waals surface area (Å²) in [5.74, 6) is 3.29. The highest BCUT2D eigenvalue weighted by Gasteiger charge is 2.39. The molecular weight excluding hydrogens is 650 g/mol. The number of phenols is 2. The first-order valence-electron chi connectivity index (χ1n) is 16.4. The summed E-state index contributed by atoms with van der Waals surface area (Å²) in [6.45, 7) is 1.67. The number of piperidine rings is 1. The number of hydrogen-bond donors (Lipinski definition) is 6. The molecule has 0 radical (unpaired) electrons. The van der Waals surface area contributed by atoms with Gasteiger partial charge in [0.15, 0.2) is 11.5 Å². The van der Waals surface area contributed by atoms with Crippen LogP contribution in [0.3, 0.4) is 0 Å². The lowest BCUT2D eigenvalue weighted by atomic mass is 9.98. The number of nitrogens with zero attached hydrogens (tertiary/aromatic N) is 3. The molecule has 14 nitrogen and oxygen atoms in total. The predicted octanol–water partition coefficient (Wildman–Crippen LogP) is 1.37. The van der Waals surface area contributed by atoms with E-state index < -0.39 is 40.2 Å². The molecule has 1 aliphatic carbocycles. The second-order valence-electron chi connectivity index (χ2n) is 12.6. The molecule has 2 aliphatic rings. The first-order valence-corrected chi connectivity index (χ1v) is 17.8. The zero-order chi connectivity index (χ0) is 35.0. The maximum atomic E-state index is 14.1. The predicted molar refractivity (Wildman–Crippen MR) is 184 cm³/mol. The van der Waals surface area contributed by atoms with Crippen LogP contribution in [0.4, 0.5) is 0 Å². The van der Waals surface area contributed by atoms with Crippen molar-refractivity contribution in [2.45, 2.75) is 55.5 Å². The molecule has 1 saturated carbocycles. The van der Waals surface area contributed by atoms with Gasteiger partial charge in [-0.05, 0) is 78.6 Å². The standard InChI is InChI=1S/C34H43N7O7S/c35-38-22-40-15-3-4-24(20-40)19-37-32(44)18-29(39-49(47,48)28-11-8-25-5-1-2-6-26(25)17-28)34(46)41(27-9-10-27)21-33(45)36-14-13-23-7-12-30(42)31(43)16-23/h1-2,5-8,11-12,16-17,22,24,27,29,39,42-43H,3-4,9-10,13-15,18-21,35H2,(H,36,45)(H,37,44)/t24-,29-/m0/s1. The van der Waals surface area contributed by atoms with Crippen molar-refractivity contribution in [1.82, 2.24) is 25.2 Å². The lowest BCUT2D eigenvalue weighted by molar-refractivity contribution is -0.139. The summed E-state index contributed by atoms with van der Waals surface area (Å²) >= 11 is 0. The van der Waals surface area contributed by atoms with E-state index in [2.05, 4.69) is 20.5 Å². The fourth-order valence-corrected chi connectivity index (χ4v) is 7.23. The first kappa shape index (κ1) is 35.4. The van der Waals surface area contributed by atoms with Gasteiger partial charge in [-0.1, -0.05) is 36.4 Å². The van der Waals surface area contributed by atoms with E-state index in [1.165, 1.54) is 29.2 Å². The Balaban J connectivity index is 1.28. The number of benzene rings is 3. The minimum absolute atomic E-state index is 0.0516. The molecule has 2 fully saturated rings. The average molecular weight is 694 g/mol. The van der Waals surface area contributed by atoms with Crippen LogP contribution in [0.15, 0.2) is 70.7 Å².